The van der Waals surface area contributed by atoms with Crippen LogP contribution in [0.1, 0.15) is 35.3 Å². The first-order chi connectivity index (χ1) is 10.7. The van der Waals surface area contributed by atoms with Crippen LogP contribution in [-0.2, 0) is 17.7 Å². The van der Waals surface area contributed by atoms with Gasteiger partial charge in [0.1, 0.15) is 0 Å². The standard InChI is InChI=1S/C18H20N2O2/c1-3-15-9-11-17(12-10-15)18(21)22-14(2)20-19-13-16-7-5-4-6-8-16/h4-12,19H,3,13H2,1-2H3. The molecule has 0 aliphatic heterocycles. The highest BCUT2D eigenvalue weighted by atomic mass is 16.5. The van der Waals surface area contributed by atoms with Crippen LogP contribution in [0, 0.1) is 0 Å². The number of benzene rings is 2. The average molecular weight is 296 g/mol. The second-order valence-corrected chi connectivity index (χ2v) is 4.89. The summed E-state index contributed by atoms with van der Waals surface area (Å²) in [5, 5.41) is 4.04. The van der Waals surface area contributed by atoms with E-state index in [9.17, 15) is 4.79 Å². The SMILES string of the molecule is CCc1ccc(C(=O)OC(C)=NNCc2ccccc2)cc1. The largest absolute Gasteiger partial charge is 0.407 e. The number of carbonyl (C=O) groups is 1. The highest BCUT2D eigenvalue weighted by Gasteiger charge is 2.08. The summed E-state index contributed by atoms with van der Waals surface area (Å²) in [6.45, 7) is 4.31. The van der Waals surface area contributed by atoms with Crippen LogP contribution in [0.15, 0.2) is 59.7 Å². The van der Waals surface area contributed by atoms with Gasteiger partial charge in [0.2, 0.25) is 5.90 Å². The third kappa shape index (κ3) is 4.74. The molecule has 0 radical (unpaired) electrons. The number of aryl methyl sites for hydroxylation is 1. The lowest BCUT2D eigenvalue weighted by Crippen LogP contribution is -2.14. The van der Waals surface area contributed by atoms with Gasteiger partial charge in [0, 0.05) is 6.92 Å². The van der Waals surface area contributed by atoms with Gasteiger partial charge in [-0.05, 0) is 29.7 Å². The molecule has 4 nitrogen and oxygen atoms in total. The number of esters is 1. The van der Waals surface area contributed by atoms with Gasteiger partial charge in [-0.1, -0.05) is 49.4 Å². The fourth-order valence-electron chi connectivity index (χ4n) is 1.93. The highest BCUT2D eigenvalue weighted by molar-refractivity contribution is 5.97. The molecule has 22 heavy (non-hydrogen) atoms. The molecule has 0 fully saturated rings. The van der Waals surface area contributed by atoms with Crippen LogP contribution in [0.3, 0.4) is 0 Å². The Morgan fingerprint density at radius 1 is 1.05 bits per heavy atom. The average Bonchev–Trinajstić information content (AvgIpc) is 2.56. The maximum absolute atomic E-state index is 12.0. The smallest absolute Gasteiger partial charge is 0.344 e. The summed E-state index contributed by atoms with van der Waals surface area (Å²) < 4.78 is 5.20. The van der Waals surface area contributed by atoms with E-state index in [1.54, 1.807) is 19.1 Å². The summed E-state index contributed by atoms with van der Waals surface area (Å²) in [5.74, 6) is -0.106. The molecule has 2 aromatic carbocycles. The molecule has 0 saturated heterocycles. The third-order valence-electron chi connectivity index (χ3n) is 3.20. The molecule has 4 heteroatoms. The fraction of sp³-hybridized carbons (Fsp3) is 0.222. The Bertz CT molecular complexity index is 634. The summed E-state index contributed by atoms with van der Waals surface area (Å²) >= 11 is 0. The molecule has 2 aromatic rings. The van der Waals surface area contributed by atoms with Crippen LogP contribution in [0.4, 0.5) is 0 Å². The number of nitrogens with zero attached hydrogens (tertiary/aromatic N) is 1. The molecule has 2 rings (SSSR count). The molecule has 0 aliphatic rings. The maximum atomic E-state index is 12.0. The van der Waals surface area contributed by atoms with Gasteiger partial charge in [0.25, 0.3) is 0 Å². The predicted molar refractivity (Wildman–Crippen MR) is 87.6 cm³/mol. The highest BCUT2D eigenvalue weighted by Crippen LogP contribution is 2.07. The van der Waals surface area contributed by atoms with Gasteiger partial charge in [-0.3, -0.25) is 0 Å². The van der Waals surface area contributed by atoms with Gasteiger partial charge in [0.15, 0.2) is 0 Å². The lowest BCUT2D eigenvalue weighted by molar-refractivity contribution is 0.0714. The summed E-state index contributed by atoms with van der Waals surface area (Å²) in [4.78, 5) is 12.0. The van der Waals surface area contributed by atoms with Crippen LogP contribution >= 0.6 is 0 Å². The first-order valence-corrected chi connectivity index (χ1v) is 7.31. The molecule has 0 unspecified atom stereocenters. The summed E-state index contributed by atoms with van der Waals surface area (Å²) in [6, 6.07) is 17.3. The maximum Gasteiger partial charge on any atom is 0.344 e. The Morgan fingerprint density at radius 3 is 2.36 bits per heavy atom. The van der Waals surface area contributed by atoms with Gasteiger partial charge in [-0.2, -0.15) is 0 Å². The van der Waals surface area contributed by atoms with E-state index in [4.69, 9.17) is 4.74 Å². The molecular weight excluding hydrogens is 276 g/mol. The number of ether oxygens (including phenoxy) is 1. The molecule has 0 heterocycles. The lowest BCUT2D eigenvalue weighted by atomic mass is 10.1. The number of rotatable bonds is 5. The van der Waals surface area contributed by atoms with Crippen molar-refractivity contribution in [2.45, 2.75) is 26.8 Å². The summed E-state index contributed by atoms with van der Waals surface area (Å²) in [7, 11) is 0. The number of nitrogens with one attached hydrogen (secondary N) is 1. The van der Waals surface area contributed by atoms with Gasteiger partial charge >= 0.3 is 5.97 Å². The zero-order valence-electron chi connectivity index (χ0n) is 12.9. The van der Waals surface area contributed by atoms with E-state index in [0.29, 0.717) is 18.0 Å². The predicted octanol–water partition coefficient (Wildman–Crippen LogP) is 3.53. The normalized spacial score (nSPS) is 11.1. The van der Waals surface area contributed by atoms with E-state index >= 15 is 0 Å². The molecule has 1 N–H and O–H groups in total. The Morgan fingerprint density at radius 2 is 1.73 bits per heavy atom. The second kappa shape index (κ2) is 7.98. The van der Waals surface area contributed by atoms with Crippen molar-refractivity contribution in [3.8, 4) is 0 Å². The molecule has 0 saturated carbocycles. The summed E-state index contributed by atoms with van der Waals surface area (Å²) in [6.07, 6.45) is 0.944. The van der Waals surface area contributed by atoms with E-state index in [0.717, 1.165) is 12.0 Å². The van der Waals surface area contributed by atoms with Crippen molar-refractivity contribution in [3.63, 3.8) is 0 Å². The molecule has 0 spiro atoms. The van der Waals surface area contributed by atoms with E-state index < -0.39 is 5.97 Å². The fourth-order valence-corrected chi connectivity index (χ4v) is 1.93. The van der Waals surface area contributed by atoms with Gasteiger partial charge < -0.3 is 10.2 Å². The summed E-state index contributed by atoms with van der Waals surface area (Å²) in [5.41, 5.74) is 5.71. The van der Waals surface area contributed by atoms with E-state index in [1.807, 2.05) is 42.5 Å². The topological polar surface area (TPSA) is 50.7 Å². The first kappa shape index (κ1) is 15.8. The Labute approximate surface area is 130 Å². The number of hydrogen-bond donors (Lipinski definition) is 1. The van der Waals surface area contributed by atoms with Crippen molar-refractivity contribution < 1.29 is 9.53 Å². The van der Waals surface area contributed by atoms with Gasteiger partial charge in [-0.15, -0.1) is 5.10 Å². The van der Waals surface area contributed by atoms with Crippen molar-refractivity contribution in [2.24, 2.45) is 5.10 Å². The van der Waals surface area contributed by atoms with Crippen molar-refractivity contribution in [1.82, 2.24) is 5.43 Å². The van der Waals surface area contributed by atoms with Gasteiger partial charge in [-0.25, -0.2) is 4.79 Å². The molecular formula is C18H20N2O2. The number of hydrazone groups is 1. The van der Waals surface area contributed by atoms with Gasteiger partial charge in [0.05, 0.1) is 12.1 Å². The molecule has 114 valence electrons. The quantitative estimate of drug-likeness (QED) is 0.397. The molecule has 0 bridgehead atoms. The monoisotopic (exact) mass is 296 g/mol. The van der Waals surface area contributed by atoms with E-state index in [2.05, 4.69) is 17.5 Å². The van der Waals surface area contributed by atoms with Crippen LogP contribution < -0.4 is 5.43 Å². The van der Waals surface area contributed by atoms with Crippen molar-refractivity contribution in [1.29, 1.82) is 0 Å². The lowest BCUT2D eigenvalue weighted by Gasteiger charge is -2.05. The molecule has 0 atom stereocenters. The minimum atomic E-state index is -0.398. The number of carbonyl (C=O) groups excluding carboxylic acids is 1. The van der Waals surface area contributed by atoms with Crippen LogP contribution in [0.2, 0.25) is 0 Å². The zero-order chi connectivity index (χ0) is 15.8. The second-order valence-electron chi connectivity index (χ2n) is 4.89. The van der Waals surface area contributed by atoms with E-state index in [-0.39, 0.29) is 0 Å². The first-order valence-electron chi connectivity index (χ1n) is 7.31. The van der Waals surface area contributed by atoms with Crippen LogP contribution in [-0.4, -0.2) is 11.9 Å². The molecule has 0 amide bonds. The van der Waals surface area contributed by atoms with Crippen LogP contribution in [0.25, 0.3) is 0 Å². The minimum absolute atomic E-state index is 0.292. The van der Waals surface area contributed by atoms with Crippen molar-refractivity contribution in [2.75, 3.05) is 0 Å². The molecule has 0 aromatic heterocycles. The molecule has 0 aliphatic carbocycles. The third-order valence-corrected chi connectivity index (χ3v) is 3.20. The van der Waals surface area contributed by atoms with Crippen LogP contribution in [0.5, 0.6) is 0 Å². The Hall–Kier alpha value is -2.62. The Balaban J connectivity index is 1.85. The minimum Gasteiger partial charge on any atom is -0.407 e. The zero-order valence-corrected chi connectivity index (χ0v) is 12.9. The van der Waals surface area contributed by atoms with Crippen molar-refractivity contribution >= 4 is 11.9 Å². The van der Waals surface area contributed by atoms with E-state index in [1.165, 1.54) is 5.56 Å². The van der Waals surface area contributed by atoms with Crippen molar-refractivity contribution in [3.05, 3.63) is 71.3 Å². The Kier molecular flexibility index (Phi) is 5.72. The number of hydrogen-bond acceptors (Lipinski definition) is 4.